The molecule has 1 nitrogen and oxygen atoms in total. The van der Waals surface area contributed by atoms with Gasteiger partial charge in [0.2, 0.25) is 0 Å². The molecule has 0 bridgehead atoms. The second-order valence-corrected chi connectivity index (χ2v) is 3.88. The molecule has 0 N–H and O–H groups in total. The molecule has 0 saturated carbocycles. The molecular formula is C14H9OS. The molecule has 2 heteroatoms. The van der Waals surface area contributed by atoms with E-state index in [1.54, 1.807) is 0 Å². The molecule has 0 heterocycles. The first-order valence-electron chi connectivity index (χ1n) is 4.76. The van der Waals surface area contributed by atoms with Crippen LogP contribution < -0.4 is 4.74 Å². The third kappa shape index (κ3) is 2.59. The van der Waals surface area contributed by atoms with Crippen molar-refractivity contribution in [2.75, 3.05) is 0 Å². The highest BCUT2D eigenvalue weighted by atomic mass is 32.2. The Labute approximate surface area is 99.5 Å². The monoisotopic (exact) mass is 225 g/mol. The maximum Gasteiger partial charge on any atom is 0.141 e. The molecule has 77 valence electrons. The third-order valence-electron chi connectivity index (χ3n) is 1.92. The lowest BCUT2D eigenvalue weighted by Crippen LogP contribution is -1.85. The first-order valence-corrected chi connectivity index (χ1v) is 5.58. The quantitative estimate of drug-likeness (QED) is 0.577. The van der Waals surface area contributed by atoms with Gasteiger partial charge in [-0.05, 0) is 35.2 Å². The van der Waals surface area contributed by atoms with Crippen molar-refractivity contribution in [2.45, 2.75) is 4.90 Å². The van der Waals surface area contributed by atoms with Crippen molar-refractivity contribution in [2.24, 2.45) is 0 Å². The van der Waals surface area contributed by atoms with Gasteiger partial charge >= 0.3 is 0 Å². The highest BCUT2D eigenvalue weighted by Crippen LogP contribution is 2.31. The summed E-state index contributed by atoms with van der Waals surface area (Å²) in [6.07, 6.45) is 5.27. The summed E-state index contributed by atoms with van der Waals surface area (Å²) in [5.74, 6) is 1.44. The number of terminal acetylenes is 1. The van der Waals surface area contributed by atoms with Crippen molar-refractivity contribution >= 4 is 11.8 Å². The van der Waals surface area contributed by atoms with Gasteiger partial charge in [0, 0.05) is 6.07 Å². The number of hydrogen-bond acceptors (Lipinski definition) is 2. The predicted octanol–water partition coefficient (Wildman–Crippen LogP) is 3.96. The molecule has 0 aliphatic carbocycles. The Morgan fingerprint density at radius 1 is 1.12 bits per heavy atom. The van der Waals surface area contributed by atoms with Crippen LogP contribution in [0.5, 0.6) is 11.5 Å². The van der Waals surface area contributed by atoms with Crippen molar-refractivity contribution in [3.63, 3.8) is 0 Å². The number of para-hydroxylation sites is 2. The van der Waals surface area contributed by atoms with Crippen molar-refractivity contribution < 1.29 is 4.74 Å². The lowest BCUT2D eigenvalue weighted by molar-refractivity contribution is 0.470. The molecule has 0 amide bonds. The largest absolute Gasteiger partial charge is 0.456 e. The van der Waals surface area contributed by atoms with Gasteiger partial charge in [0.15, 0.2) is 0 Å². The second-order valence-electron chi connectivity index (χ2n) is 3.00. The van der Waals surface area contributed by atoms with Crippen molar-refractivity contribution in [1.29, 1.82) is 0 Å². The Hall–Kier alpha value is -1.85. The Morgan fingerprint density at radius 2 is 1.94 bits per heavy atom. The molecule has 0 spiro atoms. The van der Waals surface area contributed by atoms with Crippen LogP contribution in [0.4, 0.5) is 0 Å². The summed E-state index contributed by atoms with van der Waals surface area (Å²) >= 11 is 1.31. The van der Waals surface area contributed by atoms with E-state index in [1.807, 2.05) is 48.5 Å². The Balaban J connectivity index is 2.25. The number of ether oxygens (including phenoxy) is 1. The van der Waals surface area contributed by atoms with Crippen LogP contribution in [0.2, 0.25) is 0 Å². The summed E-state index contributed by atoms with van der Waals surface area (Å²) in [4.78, 5) is 0.933. The first kappa shape index (κ1) is 10.7. The SMILES string of the molecule is C#CSc1ccccc1Oc1[c]cccc1. The lowest BCUT2D eigenvalue weighted by atomic mass is 10.3. The van der Waals surface area contributed by atoms with Gasteiger partial charge in [-0.2, -0.15) is 0 Å². The second kappa shape index (κ2) is 5.29. The van der Waals surface area contributed by atoms with Gasteiger partial charge < -0.3 is 4.74 Å². The maximum atomic E-state index is 5.69. The standard InChI is InChI=1S/C14H9OS/c1-2-16-14-11-7-6-10-13(14)15-12-8-4-3-5-9-12/h1,3-8,10-11H. The summed E-state index contributed by atoms with van der Waals surface area (Å²) in [6.45, 7) is 0. The van der Waals surface area contributed by atoms with Crippen LogP contribution in [-0.4, -0.2) is 0 Å². The average Bonchev–Trinajstić information content (AvgIpc) is 2.33. The van der Waals surface area contributed by atoms with E-state index in [0.29, 0.717) is 5.75 Å². The van der Waals surface area contributed by atoms with Crippen LogP contribution in [0.1, 0.15) is 0 Å². The molecule has 0 aromatic heterocycles. The van der Waals surface area contributed by atoms with E-state index in [1.165, 1.54) is 11.8 Å². The van der Waals surface area contributed by atoms with Crippen LogP contribution in [0.25, 0.3) is 0 Å². The molecular weight excluding hydrogens is 216 g/mol. The molecule has 2 rings (SSSR count). The zero-order chi connectivity index (χ0) is 11.2. The molecule has 0 atom stereocenters. The van der Waals surface area contributed by atoms with Gasteiger partial charge in [-0.1, -0.05) is 30.3 Å². The fraction of sp³-hybridized carbons (Fsp3) is 0. The van der Waals surface area contributed by atoms with Gasteiger partial charge in [-0.15, -0.1) is 6.42 Å². The predicted molar refractivity (Wildman–Crippen MR) is 66.5 cm³/mol. The van der Waals surface area contributed by atoms with Crippen molar-refractivity contribution in [1.82, 2.24) is 0 Å². The molecule has 16 heavy (non-hydrogen) atoms. The minimum Gasteiger partial charge on any atom is -0.456 e. The highest BCUT2D eigenvalue weighted by Gasteiger charge is 2.03. The highest BCUT2D eigenvalue weighted by molar-refractivity contribution is 8.04. The summed E-state index contributed by atoms with van der Waals surface area (Å²) in [7, 11) is 0. The van der Waals surface area contributed by atoms with E-state index in [0.717, 1.165) is 10.6 Å². The van der Waals surface area contributed by atoms with Gasteiger partial charge in [0.1, 0.15) is 11.5 Å². The lowest BCUT2D eigenvalue weighted by Gasteiger charge is -2.07. The third-order valence-corrected chi connectivity index (χ3v) is 2.59. The smallest absolute Gasteiger partial charge is 0.141 e. The number of hydrogen-bond donors (Lipinski definition) is 0. The van der Waals surface area contributed by atoms with E-state index >= 15 is 0 Å². The van der Waals surface area contributed by atoms with Crippen LogP contribution in [0.15, 0.2) is 53.4 Å². The zero-order valence-electron chi connectivity index (χ0n) is 8.51. The molecule has 0 saturated heterocycles. The topological polar surface area (TPSA) is 9.23 Å². The molecule has 2 aromatic rings. The summed E-state index contributed by atoms with van der Waals surface area (Å²) in [5, 5.41) is 2.54. The van der Waals surface area contributed by atoms with Crippen LogP contribution >= 0.6 is 11.8 Å². The molecule has 2 aromatic carbocycles. The van der Waals surface area contributed by atoms with Crippen LogP contribution in [0, 0.1) is 17.7 Å². The molecule has 0 unspecified atom stereocenters. The number of benzene rings is 2. The number of thioether (sulfide) groups is 1. The van der Waals surface area contributed by atoms with E-state index in [9.17, 15) is 0 Å². The summed E-state index contributed by atoms with van der Waals surface area (Å²) in [6, 6.07) is 18.1. The van der Waals surface area contributed by atoms with Crippen molar-refractivity contribution in [3.05, 3.63) is 54.6 Å². The Morgan fingerprint density at radius 3 is 2.69 bits per heavy atom. The maximum absolute atomic E-state index is 5.69. The van der Waals surface area contributed by atoms with E-state index in [-0.39, 0.29) is 0 Å². The Bertz CT molecular complexity index is 500. The molecule has 0 aliphatic rings. The van der Waals surface area contributed by atoms with Crippen molar-refractivity contribution in [3.8, 4) is 23.2 Å². The first-order chi connectivity index (χ1) is 7.90. The van der Waals surface area contributed by atoms with Gasteiger partial charge in [-0.3, -0.25) is 0 Å². The van der Waals surface area contributed by atoms with E-state index in [2.05, 4.69) is 11.3 Å². The molecule has 0 aliphatic heterocycles. The minimum absolute atomic E-state index is 0.688. The van der Waals surface area contributed by atoms with Crippen LogP contribution in [0.3, 0.4) is 0 Å². The number of rotatable bonds is 3. The fourth-order valence-electron chi connectivity index (χ4n) is 1.24. The average molecular weight is 225 g/mol. The zero-order valence-corrected chi connectivity index (χ0v) is 9.33. The van der Waals surface area contributed by atoms with Gasteiger partial charge in [0.25, 0.3) is 0 Å². The van der Waals surface area contributed by atoms with E-state index < -0.39 is 0 Å². The van der Waals surface area contributed by atoms with Gasteiger partial charge in [0.05, 0.1) is 4.90 Å². The fourth-order valence-corrected chi connectivity index (χ4v) is 1.72. The van der Waals surface area contributed by atoms with Gasteiger partial charge in [-0.25, -0.2) is 0 Å². The van der Waals surface area contributed by atoms with Crippen LogP contribution in [-0.2, 0) is 0 Å². The van der Waals surface area contributed by atoms with E-state index in [4.69, 9.17) is 11.2 Å². The Kier molecular flexibility index (Phi) is 3.53. The molecule has 1 radical (unpaired) electrons. The molecule has 0 fully saturated rings. The summed E-state index contributed by atoms with van der Waals surface area (Å²) < 4.78 is 5.69. The minimum atomic E-state index is 0.688. The summed E-state index contributed by atoms with van der Waals surface area (Å²) in [5.41, 5.74) is 0. The normalized spacial score (nSPS) is 9.44.